The fraction of sp³-hybridized carbons (Fsp3) is 0.278. The first kappa shape index (κ1) is 13.7. The molecule has 0 aliphatic carbocycles. The minimum absolute atomic E-state index is 0.263. The van der Waals surface area contributed by atoms with Crippen molar-refractivity contribution in [2.45, 2.75) is 26.9 Å². The smallest absolute Gasteiger partial charge is 0.282 e. The molecule has 0 fully saturated rings. The van der Waals surface area contributed by atoms with Crippen LogP contribution in [0.4, 0.5) is 11.5 Å². The molecular weight excluding hydrogens is 258 g/mol. The first-order valence-electron chi connectivity index (χ1n) is 7.35. The Labute approximate surface area is 126 Å². The topological polar surface area (TPSA) is 10.4 Å². The minimum atomic E-state index is 0.263. The van der Waals surface area contributed by atoms with Crippen LogP contribution >= 0.6 is 0 Å². The largest absolute Gasteiger partial charge is 0.305 e. The molecule has 0 unspecified atom stereocenters. The van der Waals surface area contributed by atoms with Crippen molar-refractivity contribution in [3.8, 4) is 0 Å². The highest BCUT2D eigenvalue weighted by molar-refractivity contribution is 5.61. The second kappa shape index (κ2) is 5.24. The van der Waals surface area contributed by atoms with Crippen molar-refractivity contribution in [1.29, 1.82) is 0 Å². The zero-order chi connectivity index (χ0) is 15.0. The molecule has 1 aliphatic rings. The lowest BCUT2D eigenvalue weighted by Crippen LogP contribution is -2.43. The van der Waals surface area contributed by atoms with Gasteiger partial charge in [0, 0.05) is 18.0 Å². The van der Waals surface area contributed by atoms with E-state index in [-0.39, 0.29) is 6.17 Å². The Morgan fingerprint density at radius 1 is 1.00 bits per heavy atom. The molecule has 0 amide bonds. The molecule has 3 nitrogen and oxygen atoms in total. The van der Waals surface area contributed by atoms with Gasteiger partial charge in [-0.05, 0) is 44.0 Å². The fourth-order valence-corrected chi connectivity index (χ4v) is 2.85. The van der Waals surface area contributed by atoms with Crippen LogP contribution in [0.3, 0.4) is 0 Å². The summed E-state index contributed by atoms with van der Waals surface area (Å²) in [6.07, 6.45) is 6.70. The molecule has 0 bridgehead atoms. The van der Waals surface area contributed by atoms with E-state index >= 15 is 0 Å². The number of aromatic nitrogens is 1. The number of anilines is 2. The van der Waals surface area contributed by atoms with Gasteiger partial charge in [-0.2, -0.15) is 0 Å². The van der Waals surface area contributed by atoms with Gasteiger partial charge in [0.25, 0.3) is 5.82 Å². The van der Waals surface area contributed by atoms with Gasteiger partial charge in [-0.1, -0.05) is 18.2 Å². The number of hydrogen-bond acceptors (Lipinski definition) is 2. The Bertz CT molecular complexity index is 691. The van der Waals surface area contributed by atoms with Crippen molar-refractivity contribution in [1.82, 2.24) is 0 Å². The van der Waals surface area contributed by atoms with E-state index in [9.17, 15) is 0 Å². The molecule has 0 saturated heterocycles. The summed E-state index contributed by atoms with van der Waals surface area (Å²) in [5.74, 6) is 1.20. The quantitative estimate of drug-likeness (QED) is 0.782. The van der Waals surface area contributed by atoms with Gasteiger partial charge < -0.3 is 4.90 Å². The molecule has 0 radical (unpaired) electrons. The maximum absolute atomic E-state index is 2.32. The van der Waals surface area contributed by atoms with Crippen LogP contribution in [0.5, 0.6) is 0 Å². The second-order valence-corrected chi connectivity index (χ2v) is 5.70. The van der Waals surface area contributed by atoms with Crippen LogP contribution in [0.1, 0.15) is 18.1 Å². The van der Waals surface area contributed by atoms with Crippen LogP contribution in [0.2, 0.25) is 0 Å². The Balaban J connectivity index is 1.94. The van der Waals surface area contributed by atoms with Crippen LogP contribution in [0.15, 0.2) is 55.0 Å². The van der Waals surface area contributed by atoms with Gasteiger partial charge in [0.2, 0.25) is 0 Å². The Morgan fingerprint density at radius 3 is 2.48 bits per heavy atom. The summed E-state index contributed by atoms with van der Waals surface area (Å²) in [6.45, 7) is 6.52. The summed E-state index contributed by atoms with van der Waals surface area (Å²) < 4.78 is 2.16. The lowest BCUT2D eigenvalue weighted by Gasteiger charge is -2.26. The first-order chi connectivity index (χ1) is 10.1. The van der Waals surface area contributed by atoms with Gasteiger partial charge in [-0.3, -0.25) is 0 Å². The maximum Gasteiger partial charge on any atom is 0.282 e. The van der Waals surface area contributed by atoms with Crippen molar-refractivity contribution < 1.29 is 4.57 Å². The monoisotopic (exact) mass is 280 g/mol. The van der Waals surface area contributed by atoms with E-state index in [0.717, 1.165) is 0 Å². The van der Waals surface area contributed by atoms with Gasteiger partial charge >= 0.3 is 0 Å². The molecule has 0 N–H and O–H groups in total. The van der Waals surface area contributed by atoms with Crippen molar-refractivity contribution in [3.63, 3.8) is 0 Å². The number of hydrogen-bond donors (Lipinski definition) is 0. The number of rotatable bonds is 2. The molecule has 1 atom stereocenters. The van der Waals surface area contributed by atoms with Crippen molar-refractivity contribution in [2.75, 3.05) is 9.80 Å². The van der Waals surface area contributed by atoms with E-state index in [0.29, 0.717) is 0 Å². The fourth-order valence-electron chi connectivity index (χ4n) is 2.85. The Kier molecular flexibility index (Phi) is 3.42. The number of para-hydroxylation sites is 1. The number of aryl methyl sites for hydroxylation is 3. The van der Waals surface area contributed by atoms with Crippen molar-refractivity contribution in [3.05, 3.63) is 66.1 Å². The summed E-state index contributed by atoms with van der Waals surface area (Å²) in [4.78, 5) is 4.62. The van der Waals surface area contributed by atoms with Gasteiger partial charge in [0.1, 0.15) is 6.20 Å². The average molecular weight is 280 g/mol. The molecule has 21 heavy (non-hydrogen) atoms. The Hall–Kier alpha value is -2.29. The molecule has 1 aromatic heterocycles. The minimum Gasteiger partial charge on any atom is -0.305 e. The van der Waals surface area contributed by atoms with E-state index in [4.69, 9.17) is 0 Å². The molecule has 2 heterocycles. The Morgan fingerprint density at radius 2 is 1.71 bits per heavy atom. The van der Waals surface area contributed by atoms with Gasteiger partial charge in [-0.25, -0.2) is 9.47 Å². The molecule has 1 aromatic carbocycles. The first-order valence-corrected chi connectivity index (χ1v) is 7.35. The SMILES string of the molecule is Cc1cc[n+](C)c(N2C=CN(c3ccccc3C)[C@H]2C)c1. The predicted molar refractivity (Wildman–Crippen MR) is 87.1 cm³/mol. The zero-order valence-corrected chi connectivity index (χ0v) is 13.1. The van der Waals surface area contributed by atoms with Gasteiger partial charge in [0.15, 0.2) is 6.17 Å². The van der Waals surface area contributed by atoms with E-state index in [1.807, 2.05) is 0 Å². The molecular formula is C18H22N3+. The third-order valence-corrected chi connectivity index (χ3v) is 4.13. The summed E-state index contributed by atoms with van der Waals surface area (Å²) >= 11 is 0. The van der Waals surface area contributed by atoms with E-state index in [1.165, 1.54) is 22.6 Å². The van der Waals surface area contributed by atoms with Gasteiger partial charge in [-0.15, -0.1) is 0 Å². The lowest BCUT2D eigenvalue weighted by molar-refractivity contribution is -0.658. The molecule has 1 aliphatic heterocycles. The molecule has 3 rings (SSSR count). The third kappa shape index (κ3) is 2.40. The van der Waals surface area contributed by atoms with E-state index in [2.05, 4.69) is 97.2 Å². The summed E-state index contributed by atoms with van der Waals surface area (Å²) in [6, 6.07) is 12.9. The summed E-state index contributed by atoms with van der Waals surface area (Å²) in [5.41, 5.74) is 3.83. The van der Waals surface area contributed by atoms with Gasteiger partial charge in [0.05, 0.1) is 13.2 Å². The highest BCUT2D eigenvalue weighted by atomic mass is 15.4. The third-order valence-electron chi connectivity index (χ3n) is 4.13. The molecule has 0 saturated carbocycles. The van der Waals surface area contributed by atoms with Crippen LogP contribution in [0, 0.1) is 13.8 Å². The van der Waals surface area contributed by atoms with Crippen molar-refractivity contribution in [2.24, 2.45) is 7.05 Å². The van der Waals surface area contributed by atoms with Crippen LogP contribution in [0.25, 0.3) is 0 Å². The van der Waals surface area contributed by atoms with E-state index in [1.54, 1.807) is 0 Å². The zero-order valence-electron chi connectivity index (χ0n) is 13.1. The molecule has 108 valence electrons. The predicted octanol–water partition coefficient (Wildman–Crippen LogP) is 3.27. The molecule has 0 spiro atoms. The molecule has 3 heteroatoms. The molecule has 2 aromatic rings. The average Bonchev–Trinajstić information content (AvgIpc) is 2.84. The highest BCUT2D eigenvalue weighted by Gasteiger charge is 2.32. The van der Waals surface area contributed by atoms with Crippen LogP contribution in [-0.2, 0) is 7.05 Å². The summed E-state index contributed by atoms with van der Waals surface area (Å²) in [7, 11) is 2.09. The number of nitrogens with zero attached hydrogens (tertiary/aromatic N) is 3. The highest BCUT2D eigenvalue weighted by Crippen LogP contribution is 2.29. The number of benzene rings is 1. The van der Waals surface area contributed by atoms with Crippen LogP contribution in [-0.4, -0.2) is 6.17 Å². The normalized spacial score (nSPS) is 17.6. The van der Waals surface area contributed by atoms with Crippen LogP contribution < -0.4 is 14.4 Å². The summed E-state index contributed by atoms with van der Waals surface area (Å²) in [5, 5.41) is 0. The maximum atomic E-state index is 2.32. The van der Waals surface area contributed by atoms with E-state index < -0.39 is 0 Å². The van der Waals surface area contributed by atoms with Crippen molar-refractivity contribution >= 4 is 11.5 Å². The lowest BCUT2D eigenvalue weighted by atomic mass is 10.2. The number of pyridine rings is 1. The standard InChI is InChI=1S/C18H22N3/c1-14-9-10-19(4)18(13-14)21-12-11-20(16(21)3)17-8-6-5-7-15(17)2/h5-13,16H,1-4H3/q+1/t16-/m1/s1. The second-order valence-electron chi connectivity index (χ2n) is 5.70.